The van der Waals surface area contributed by atoms with Gasteiger partial charge in [-0.05, 0) is 23.3 Å². The molecule has 1 unspecified atom stereocenters. The average molecular weight is 356 g/mol. The molecule has 1 N–H and O–H groups in total. The molecule has 1 aromatic heterocycles. The van der Waals surface area contributed by atoms with Crippen LogP contribution in [0.25, 0.3) is 11.0 Å². The minimum absolute atomic E-state index is 0.0401. The second kappa shape index (κ2) is 7.83. The number of amides is 1. The zero-order valence-electron chi connectivity index (χ0n) is 14.8. The number of nitrogens with zero attached hydrogens (tertiary/aromatic N) is 3. The SMILES string of the molecule is O=C(Cc1ccccc1)NC(Cc1ccccc1)n1nnc2ccccc21. The van der Waals surface area contributed by atoms with Crippen LogP contribution in [0.15, 0.2) is 84.9 Å². The van der Waals surface area contributed by atoms with Crippen LogP contribution in [0, 0.1) is 0 Å². The monoisotopic (exact) mass is 356 g/mol. The fourth-order valence-corrected chi connectivity index (χ4v) is 3.17. The van der Waals surface area contributed by atoms with Gasteiger partial charge in [0, 0.05) is 6.42 Å². The number of hydrogen-bond donors (Lipinski definition) is 1. The molecule has 0 aliphatic rings. The Morgan fingerprint density at radius 1 is 0.852 bits per heavy atom. The van der Waals surface area contributed by atoms with Gasteiger partial charge < -0.3 is 5.32 Å². The molecule has 1 atom stereocenters. The third-order valence-electron chi connectivity index (χ3n) is 4.48. The minimum atomic E-state index is -0.309. The summed E-state index contributed by atoms with van der Waals surface area (Å²) in [6.45, 7) is 0. The van der Waals surface area contributed by atoms with Crippen molar-refractivity contribution in [1.29, 1.82) is 0 Å². The molecule has 3 aromatic carbocycles. The molecule has 0 saturated carbocycles. The maximum absolute atomic E-state index is 12.7. The lowest BCUT2D eigenvalue weighted by atomic mass is 10.1. The number of benzene rings is 3. The van der Waals surface area contributed by atoms with Gasteiger partial charge >= 0.3 is 0 Å². The minimum Gasteiger partial charge on any atom is -0.334 e. The first-order valence-electron chi connectivity index (χ1n) is 8.97. The number of para-hydroxylation sites is 1. The fourth-order valence-electron chi connectivity index (χ4n) is 3.17. The van der Waals surface area contributed by atoms with Crippen molar-refractivity contribution in [1.82, 2.24) is 20.3 Å². The zero-order valence-corrected chi connectivity index (χ0v) is 14.8. The van der Waals surface area contributed by atoms with E-state index in [1.165, 1.54) is 0 Å². The van der Waals surface area contributed by atoms with E-state index in [2.05, 4.69) is 27.8 Å². The standard InChI is InChI=1S/C22H20N4O/c27-22(16-18-11-5-2-6-12-18)23-21(15-17-9-3-1-4-10-17)26-20-14-8-7-13-19(20)24-25-26/h1-14,21H,15-16H2,(H,23,27). The molecule has 0 aliphatic carbocycles. The summed E-state index contributed by atoms with van der Waals surface area (Å²) >= 11 is 0. The number of carbonyl (C=O) groups is 1. The highest BCUT2D eigenvalue weighted by Crippen LogP contribution is 2.18. The van der Waals surface area contributed by atoms with Crippen LogP contribution in [0.2, 0.25) is 0 Å². The van der Waals surface area contributed by atoms with E-state index in [1.54, 1.807) is 4.68 Å². The second-order valence-electron chi connectivity index (χ2n) is 6.46. The predicted octanol–water partition coefficient (Wildman–Crippen LogP) is 3.53. The summed E-state index contributed by atoms with van der Waals surface area (Å²) in [7, 11) is 0. The Kier molecular flexibility index (Phi) is 4.92. The molecule has 1 heterocycles. The molecule has 0 radical (unpaired) electrons. The predicted molar refractivity (Wildman–Crippen MR) is 105 cm³/mol. The van der Waals surface area contributed by atoms with Crippen LogP contribution < -0.4 is 5.32 Å². The normalized spacial score (nSPS) is 12.0. The number of carbonyl (C=O) groups excluding carboxylic acids is 1. The van der Waals surface area contributed by atoms with E-state index in [-0.39, 0.29) is 12.1 Å². The van der Waals surface area contributed by atoms with Gasteiger partial charge in [0.25, 0.3) is 0 Å². The maximum atomic E-state index is 12.7. The lowest BCUT2D eigenvalue weighted by Gasteiger charge is -2.20. The molecular weight excluding hydrogens is 336 g/mol. The highest BCUT2D eigenvalue weighted by atomic mass is 16.1. The average Bonchev–Trinajstić information content (AvgIpc) is 3.13. The molecule has 0 fully saturated rings. The topological polar surface area (TPSA) is 59.8 Å². The molecular formula is C22H20N4O. The third-order valence-corrected chi connectivity index (χ3v) is 4.48. The van der Waals surface area contributed by atoms with Crippen molar-refractivity contribution >= 4 is 16.9 Å². The summed E-state index contributed by atoms with van der Waals surface area (Å²) < 4.78 is 1.80. The van der Waals surface area contributed by atoms with Gasteiger partial charge in [0.15, 0.2) is 0 Å². The van der Waals surface area contributed by atoms with Gasteiger partial charge in [-0.25, -0.2) is 4.68 Å². The van der Waals surface area contributed by atoms with Gasteiger partial charge in [-0.3, -0.25) is 4.79 Å². The van der Waals surface area contributed by atoms with Crippen LogP contribution in [0.3, 0.4) is 0 Å². The van der Waals surface area contributed by atoms with Crippen LogP contribution in [0.4, 0.5) is 0 Å². The van der Waals surface area contributed by atoms with Crippen LogP contribution in [-0.4, -0.2) is 20.9 Å². The lowest BCUT2D eigenvalue weighted by Crippen LogP contribution is -2.35. The van der Waals surface area contributed by atoms with E-state index in [4.69, 9.17) is 0 Å². The van der Waals surface area contributed by atoms with E-state index in [9.17, 15) is 4.79 Å². The van der Waals surface area contributed by atoms with Gasteiger partial charge in [-0.15, -0.1) is 5.10 Å². The van der Waals surface area contributed by atoms with Crippen molar-refractivity contribution in [3.8, 4) is 0 Å². The molecule has 5 nitrogen and oxygen atoms in total. The lowest BCUT2D eigenvalue weighted by molar-refractivity contribution is -0.121. The van der Waals surface area contributed by atoms with E-state index in [1.807, 2.05) is 72.8 Å². The molecule has 4 aromatic rings. The summed E-state index contributed by atoms with van der Waals surface area (Å²) in [5, 5.41) is 11.7. The Bertz CT molecular complexity index is 1030. The van der Waals surface area contributed by atoms with Crippen molar-refractivity contribution in [3.63, 3.8) is 0 Å². The third kappa shape index (κ3) is 4.03. The Morgan fingerprint density at radius 2 is 1.48 bits per heavy atom. The highest BCUT2D eigenvalue weighted by Gasteiger charge is 2.19. The number of nitrogens with one attached hydrogen (secondary N) is 1. The first-order chi connectivity index (χ1) is 13.3. The number of aromatic nitrogens is 3. The zero-order chi connectivity index (χ0) is 18.5. The molecule has 1 amide bonds. The van der Waals surface area contributed by atoms with Crippen molar-refractivity contribution in [3.05, 3.63) is 96.1 Å². The first kappa shape index (κ1) is 17.0. The Morgan fingerprint density at radius 3 is 2.22 bits per heavy atom. The van der Waals surface area contributed by atoms with Gasteiger partial charge in [0.05, 0.1) is 11.9 Å². The van der Waals surface area contributed by atoms with Gasteiger partial charge in [-0.2, -0.15) is 0 Å². The Balaban J connectivity index is 1.60. The summed E-state index contributed by atoms with van der Waals surface area (Å²) in [6.07, 6.45) is 0.657. The van der Waals surface area contributed by atoms with E-state index >= 15 is 0 Å². The van der Waals surface area contributed by atoms with E-state index < -0.39 is 0 Å². The maximum Gasteiger partial charge on any atom is 0.226 e. The molecule has 0 saturated heterocycles. The quantitative estimate of drug-likeness (QED) is 0.575. The van der Waals surface area contributed by atoms with Gasteiger partial charge in [-0.1, -0.05) is 78.0 Å². The van der Waals surface area contributed by atoms with Crippen molar-refractivity contribution < 1.29 is 4.79 Å². The molecule has 0 aliphatic heterocycles. The summed E-state index contributed by atoms with van der Waals surface area (Å²) in [5.74, 6) is -0.0401. The van der Waals surface area contributed by atoms with Crippen molar-refractivity contribution in [2.24, 2.45) is 0 Å². The van der Waals surface area contributed by atoms with Crippen LogP contribution in [0.1, 0.15) is 17.3 Å². The molecule has 0 spiro atoms. The van der Waals surface area contributed by atoms with Crippen molar-refractivity contribution in [2.45, 2.75) is 19.0 Å². The number of fused-ring (bicyclic) bond motifs is 1. The molecule has 5 heteroatoms. The Labute approximate surface area is 157 Å². The number of rotatable bonds is 6. The fraction of sp³-hybridized carbons (Fsp3) is 0.136. The van der Waals surface area contributed by atoms with Crippen LogP contribution in [0.5, 0.6) is 0 Å². The largest absolute Gasteiger partial charge is 0.334 e. The summed E-state index contributed by atoms with van der Waals surface area (Å²) in [6, 6.07) is 27.6. The van der Waals surface area contributed by atoms with E-state index in [0.717, 1.165) is 22.2 Å². The molecule has 134 valence electrons. The Hall–Kier alpha value is -3.47. The number of hydrogen-bond acceptors (Lipinski definition) is 3. The van der Waals surface area contributed by atoms with Crippen LogP contribution >= 0.6 is 0 Å². The summed E-state index contributed by atoms with van der Waals surface area (Å²) in [5.41, 5.74) is 3.82. The van der Waals surface area contributed by atoms with Crippen molar-refractivity contribution in [2.75, 3.05) is 0 Å². The first-order valence-corrected chi connectivity index (χ1v) is 8.97. The molecule has 0 bridgehead atoms. The summed E-state index contributed by atoms with van der Waals surface area (Å²) in [4.78, 5) is 12.7. The molecule has 4 rings (SSSR count). The van der Waals surface area contributed by atoms with Crippen LogP contribution in [-0.2, 0) is 17.6 Å². The van der Waals surface area contributed by atoms with Gasteiger partial charge in [0.2, 0.25) is 5.91 Å². The van der Waals surface area contributed by atoms with Gasteiger partial charge in [0.1, 0.15) is 11.7 Å². The highest BCUT2D eigenvalue weighted by molar-refractivity contribution is 5.79. The van der Waals surface area contributed by atoms with E-state index in [0.29, 0.717) is 12.8 Å². The smallest absolute Gasteiger partial charge is 0.226 e. The molecule has 27 heavy (non-hydrogen) atoms. The second-order valence-corrected chi connectivity index (χ2v) is 6.46.